The highest BCUT2D eigenvalue weighted by Crippen LogP contribution is 2.17. The molecule has 0 radical (unpaired) electrons. The van der Waals surface area contributed by atoms with Gasteiger partial charge in [0.05, 0.1) is 0 Å². The zero-order chi connectivity index (χ0) is 13.9. The second kappa shape index (κ2) is 10.0. The first-order valence-corrected chi connectivity index (χ1v) is 8.07. The van der Waals surface area contributed by atoms with E-state index in [1.54, 1.807) is 11.3 Å². The van der Waals surface area contributed by atoms with E-state index in [9.17, 15) is 0 Å². The second-order valence-corrected chi connectivity index (χ2v) is 5.74. The molecule has 0 spiro atoms. The molecule has 0 atom stereocenters. The maximum Gasteiger partial charge on any atom is 0.104 e. The van der Waals surface area contributed by atoms with Gasteiger partial charge in [-0.3, -0.25) is 4.90 Å². The van der Waals surface area contributed by atoms with E-state index >= 15 is 0 Å². The third kappa shape index (κ3) is 6.77. The van der Waals surface area contributed by atoms with Crippen LogP contribution in [0.1, 0.15) is 50.0 Å². The Morgan fingerprint density at radius 2 is 1.89 bits per heavy atom. The number of aliphatic hydroxyl groups excluding tert-OH is 1. The van der Waals surface area contributed by atoms with Gasteiger partial charge in [0, 0.05) is 22.4 Å². The fraction of sp³-hybridized carbons (Fsp3) is 0.625. The van der Waals surface area contributed by atoms with E-state index in [0.717, 1.165) is 12.1 Å². The van der Waals surface area contributed by atoms with Crippen molar-refractivity contribution in [2.24, 2.45) is 0 Å². The van der Waals surface area contributed by atoms with E-state index in [0.29, 0.717) is 0 Å². The average molecular weight is 279 g/mol. The third-order valence-electron chi connectivity index (χ3n) is 3.00. The first kappa shape index (κ1) is 16.2. The monoisotopic (exact) mass is 279 g/mol. The lowest BCUT2D eigenvalue weighted by molar-refractivity contribution is 0.259. The van der Waals surface area contributed by atoms with Crippen molar-refractivity contribution in [3.63, 3.8) is 0 Å². The number of thiophene rings is 1. The van der Waals surface area contributed by atoms with Crippen molar-refractivity contribution in [3.8, 4) is 11.8 Å². The number of hydrogen-bond donors (Lipinski definition) is 1. The molecule has 0 aromatic carbocycles. The van der Waals surface area contributed by atoms with E-state index in [2.05, 4.69) is 42.0 Å². The Labute approximate surface area is 121 Å². The van der Waals surface area contributed by atoms with Gasteiger partial charge in [0.1, 0.15) is 6.61 Å². The molecule has 3 heteroatoms. The molecule has 106 valence electrons. The van der Waals surface area contributed by atoms with Crippen LogP contribution in [0.25, 0.3) is 0 Å². The molecule has 1 heterocycles. The largest absolute Gasteiger partial charge is 0.384 e. The van der Waals surface area contributed by atoms with Crippen LogP contribution < -0.4 is 0 Å². The molecule has 0 saturated carbocycles. The zero-order valence-electron chi connectivity index (χ0n) is 12.1. The van der Waals surface area contributed by atoms with Gasteiger partial charge in [0.2, 0.25) is 0 Å². The minimum Gasteiger partial charge on any atom is -0.384 e. The molecule has 0 saturated heterocycles. The van der Waals surface area contributed by atoms with Crippen LogP contribution in [0.2, 0.25) is 0 Å². The van der Waals surface area contributed by atoms with Crippen molar-refractivity contribution in [1.82, 2.24) is 4.90 Å². The summed E-state index contributed by atoms with van der Waals surface area (Å²) in [6.45, 7) is 7.82. The first-order chi connectivity index (χ1) is 9.30. The summed E-state index contributed by atoms with van der Waals surface area (Å²) < 4.78 is 0. The first-order valence-electron chi connectivity index (χ1n) is 7.19. The molecule has 0 amide bonds. The summed E-state index contributed by atoms with van der Waals surface area (Å²) in [5, 5.41) is 10.8. The Hall–Kier alpha value is -0.820. The van der Waals surface area contributed by atoms with Crippen molar-refractivity contribution >= 4 is 11.3 Å². The highest BCUT2D eigenvalue weighted by Gasteiger charge is 2.06. The molecule has 2 nitrogen and oxygen atoms in total. The minimum absolute atomic E-state index is 0.0652. The number of aliphatic hydroxyl groups is 1. The Morgan fingerprint density at radius 1 is 1.21 bits per heavy atom. The molecule has 0 bridgehead atoms. The van der Waals surface area contributed by atoms with Crippen molar-refractivity contribution in [2.45, 2.75) is 46.1 Å². The summed E-state index contributed by atoms with van der Waals surface area (Å²) in [4.78, 5) is 3.91. The van der Waals surface area contributed by atoms with Gasteiger partial charge >= 0.3 is 0 Å². The molecule has 1 aromatic heterocycles. The van der Waals surface area contributed by atoms with Crippen LogP contribution in [0.3, 0.4) is 0 Å². The van der Waals surface area contributed by atoms with E-state index in [4.69, 9.17) is 5.11 Å². The van der Waals surface area contributed by atoms with Crippen molar-refractivity contribution in [3.05, 3.63) is 21.9 Å². The van der Waals surface area contributed by atoms with Gasteiger partial charge in [0.15, 0.2) is 0 Å². The molecular weight excluding hydrogens is 254 g/mol. The maximum absolute atomic E-state index is 8.70. The molecule has 0 unspecified atom stereocenters. The minimum atomic E-state index is -0.0652. The highest BCUT2D eigenvalue weighted by atomic mass is 32.1. The Bertz CT molecular complexity index is 394. The average Bonchev–Trinajstić information content (AvgIpc) is 2.87. The summed E-state index contributed by atoms with van der Waals surface area (Å²) in [7, 11) is 0. The second-order valence-electron chi connectivity index (χ2n) is 4.74. The molecule has 0 fully saturated rings. The molecule has 1 N–H and O–H groups in total. The van der Waals surface area contributed by atoms with Crippen LogP contribution >= 0.6 is 11.3 Å². The van der Waals surface area contributed by atoms with Gasteiger partial charge in [-0.2, -0.15) is 0 Å². The van der Waals surface area contributed by atoms with Crippen LogP contribution in [-0.2, 0) is 6.54 Å². The smallest absolute Gasteiger partial charge is 0.104 e. The standard InChI is InChI=1S/C16H25NOS/c1-3-5-9-17(10-6-4-2)13-16-12-15(14-19-16)8-7-11-18/h12,14,18H,3-6,9-11,13H2,1-2H3. The quantitative estimate of drug-likeness (QED) is 0.736. The van der Waals surface area contributed by atoms with E-state index in [-0.39, 0.29) is 6.61 Å². The molecule has 0 aliphatic rings. The van der Waals surface area contributed by atoms with Crippen LogP contribution in [0.5, 0.6) is 0 Å². The summed E-state index contributed by atoms with van der Waals surface area (Å²) in [5.41, 5.74) is 1.03. The maximum atomic E-state index is 8.70. The Kier molecular flexibility index (Phi) is 8.57. The van der Waals surface area contributed by atoms with Crippen LogP contribution in [0.15, 0.2) is 11.4 Å². The summed E-state index contributed by atoms with van der Waals surface area (Å²) in [6.07, 6.45) is 5.04. The zero-order valence-corrected chi connectivity index (χ0v) is 12.9. The Balaban J connectivity index is 2.53. The molecule has 0 aliphatic heterocycles. The van der Waals surface area contributed by atoms with E-state index in [1.807, 2.05) is 0 Å². The predicted molar refractivity (Wildman–Crippen MR) is 83.4 cm³/mol. The molecule has 1 rings (SSSR count). The van der Waals surface area contributed by atoms with Crippen molar-refractivity contribution in [2.75, 3.05) is 19.7 Å². The molecular formula is C16H25NOS. The van der Waals surface area contributed by atoms with Gasteiger partial charge in [0.25, 0.3) is 0 Å². The van der Waals surface area contributed by atoms with Gasteiger partial charge < -0.3 is 5.11 Å². The van der Waals surface area contributed by atoms with Crippen LogP contribution in [0.4, 0.5) is 0 Å². The fourth-order valence-corrected chi connectivity index (χ4v) is 2.78. The summed E-state index contributed by atoms with van der Waals surface area (Å²) >= 11 is 1.77. The molecule has 1 aromatic rings. The fourth-order valence-electron chi connectivity index (χ4n) is 1.92. The predicted octanol–water partition coefficient (Wildman–Crippen LogP) is 3.49. The number of rotatable bonds is 8. The molecule has 19 heavy (non-hydrogen) atoms. The SMILES string of the molecule is CCCCN(CCCC)Cc1cc(C#CCO)cs1. The Morgan fingerprint density at radius 3 is 2.47 bits per heavy atom. The molecule has 0 aliphatic carbocycles. The van der Waals surface area contributed by atoms with Crippen LogP contribution in [-0.4, -0.2) is 29.7 Å². The summed E-state index contributed by atoms with van der Waals surface area (Å²) in [5.74, 6) is 5.66. The number of nitrogens with zero attached hydrogens (tertiary/aromatic N) is 1. The van der Waals surface area contributed by atoms with E-state index in [1.165, 1.54) is 43.6 Å². The topological polar surface area (TPSA) is 23.5 Å². The van der Waals surface area contributed by atoms with Gasteiger partial charge in [-0.05, 0) is 32.0 Å². The lowest BCUT2D eigenvalue weighted by Crippen LogP contribution is -2.25. The van der Waals surface area contributed by atoms with Gasteiger partial charge in [-0.15, -0.1) is 11.3 Å². The van der Waals surface area contributed by atoms with Gasteiger partial charge in [-0.25, -0.2) is 0 Å². The highest BCUT2D eigenvalue weighted by molar-refractivity contribution is 7.10. The van der Waals surface area contributed by atoms with Gasteiger partial charge in [-0.1, -0.05) is 38.5 Å². The normalized spacial score (nSPS) is 10.5. The number of hydrogen-bond acceptors (Lipinski definition) is 3. The lowest BCUT2D eigenvalue weighted by atomic mass is 10.2. The third-order valence-corrected chi connectivity index (χ3v) is 3.92. The van der Waals surface area contributed by atoms with E-state index < -0.39 is 0 Å². The van der Waals surface area contributed by atoms with Crippen LogP contribution in [0, 0.1) is 11.8 Å². The van der Waals surface area contributed by atoms with Crippen molar-refractivity contribution in [1.29, 1.82) is 0 Å². The summed E-state index contributed by atoms with van der Waals surface area (Å²) in [6, 6.07) is 2.15. The van der Waals surface area contributed by atoms with Crippen molar-refractivity contribution < 1.29 is 5.11 Å². The lowest BCUT2D eigenvalue weighted by Gasteiger charge is -2.21. The number of unbranched alkanes of at least 4 members (excludes halogenated alkanes) is 2.